The van der Waals surface area contributed by atoms with E-state index in [-0.39, 0.29) is 0 Å². The lowest BCUT2D eigenvalue weighted by Crippen LogP contribution is -2.35. The molecule has 0 atom stereocenters. The molecular weight excluding hydrogens is 1730 g/mol. The van der Waals surface area contributed by atoms with Crippen molar-refractivity contribution >= 4 is 87.8 Å². The molecule has 0 spiro atoms. The van der Waals surface area contributed by atoms with Gasteiger partial charge in [0.05, 0.1) is 67.1 Å². The van der Waals surface area contributed by atoms with E-state index in [1.165, 1.54) is 145 Å². The van der Waals surface area contributed by atoms with Crippen molar-refractivity contribution in [3.8, 4) is 102 Å². The highest BCUT2D eigenvalue weighted by Gasteiger charge is 2.37. The number of hydrogen-bond donors (Lipinski definition) is 0. The third kappa shape index (κ3) is 16.5. The maximum Gasteiger partial charge on any atom is 0.294 e. The highest BCUT2D eigenvalue weighted by atomic mass is 16.3. The predicted molar refractivity (Wildman–Crippen MR) is 583 cm³/mol. The topological polar surface area (TPSA) is 87.8 Å². The van der Waals surface area contributed by atoms with Gasteiger partial charge in [-0.3, -0.25) is 0 Å². The molecule has 23 rings (SSSR count). The SMILES string of the molecule is Cc1cc(C)cc(-c2n(C)c(-c3c(C)ccc4c3oc3ccccc34)c[n+]2-c2c(C)cccc2C)c1.Cc1ccc2c(oc3ccccc32)c1-c1c[n+](-c2c(C(C)C)cccc2C(C)C)c(-c2ccccc2)n1C.Cc1ccc2c(oc3ccccc32)c1-c1c[n+](-c2c(C(C)C)cccc2C(C)C)c(C)n1C.Cc1cccc(C)c1-[n+]1cc(-c2c(C)ccc3c2oc2ccccc23)n(C)c1-c1ccccc1. The number of fused-ring (bicyclic) bond motifs is 12. The molecule has 141 heavy (non-hydrogen) atoms. The Morgan fingerprint density at radius 2 is 0.461 bits per heavy atom. The van der Waals surface area contributed by atoms with E-state index in [9.17, 15) is 0 Å². The molecule has 0 N–H and O–H groups in total. The number of imidazole rings is 4. The Kier molecular flexibility index (Phi) is 24.8. The Morgan fingerprint density at radius 3 is 0.759 bits per heavy atom. The van der Waals surface area contributed by atoms with E-state index in [2.05, 4.69) is 488 Å². The molecule has 0 radical (unpaired) electrons. The first-order chi connectivity index (χ1) is 68.0. The summed E-state index contributed by atoms with van der Waals surface area (Å²) in [6.07, 6.45) is 9.19. The van der Waals surface area contributed by atoms with Gasteiger partial charge in [0.1, 0.15) is 92.2 Å². The van der Waals surface area contributed by atoms with Crippen molar-refractivity contribution in [3.63, 3.8) is 0 Å². The molecule has 15 aromatic carbocycles. The van der Waals surface area contributed by atoms with E-state index < -0.39 is 0 Å². The first-order valence-electron chi connectivity index (χ1n) is 49.7. The largest absolute Gasteiger partial charge is 0.455 e. The van der Waals surface area contributed by atoms with Gasteiger partial charge < -0.3 is 17.7 Å². The molecule has 0 aliphatic rings. The maximum absolute atomic E-state index is 6.54. The van der Waals surface area contributed by atoms with E-state index in [1.807, 2.05) is 30.3 Å². The minimum Gasteiger partial charge on any atom is -0.455 e. The lowest BCUT2D eigenvalue weighted by atomic mass is 9.92. The first-order valence-corrected chi connectivity index (χ1v) is 49.7. The number of rotatable bonds is 15. The molecule has 0 saturated heterocycles. The Morgan fingerprint density at radius 1 is 0.213 bits per heavy atom. The van der Waals surface area contributed by atoms with Gasteiger partial charge in [0.25, 0.3) is 23.3 Å². The lowest BCUT2D eigenvalue weighted by Gasteiger charge is -2.17. The first kappa shape index (κ1) is 93.0. The number of nitrogens with zero attached hydrogens (tertiary/aromatic N) is 8. The van der Waals surface area contributed by atoms with Crippen LogP contribution >= 0.6 is 0 Å². The van der Waals surface area contributed by atoms with Crippen LogP contribution in [0.5, 0.6) is 0 Å². The second-order valence-electron chi connectivity index (χ2n) is 40.0. The zero-order chi connectivity index (χ0) is 98.5. The van der Waals surface area contributed by atoms with Gasteiger partial charge in [-0.1, -0.05) is 292 Å². The van der Waals surface area contributed by atoms with Crippen LogP contribution in [0.2, 0.25) is 0 Å². The summed E-state index contributed by atoms with van der Waals surface area (Å²) in [6, 6.07) is 106. The van der Waals surface area contributed by atoms with Crippen molar-refractivity contribution in [2.45, 2.75) is 155 Å². The van der Waals surface area contributed by atoms with Gasteiger partial charge in [0.2, 0.25) is 0 Å². The summed E-state index contributed by atoms with van der Waals surface area (Å²) in [6.45, 7) is 42.3. The van der Waals surface area contributed by atoms with Crippen molar-refractivity contribution in [2.24, 2.45) is 28.2 Å². The van der Waals surface area contributed by atoms with Crippen LogP contribution in [0.1, 0.15) is 163 Å². The van der Waals surface area contributed by atoms with Crippen LogP contribution in [0.3, 0.4) is 0 Å². The van der Waals surface area contributed by atoms with Crippen LogP contribution in [0.15, 0.2) is 340 Å². The molecule has 8 aromatic heterocycles. The number of furan rings is 4. The Hall–Kier alpha value is -15.7. The summed E-state index contributed by atoms with van der Waals surface area (Å²) in [5, 5.41) is 9.25. The zero-order valence-corrected chi connectivity index (χ0v) is 85.6. The molecule has 0 fully saturated rings. The fraction of sp³-hybridized carbons (Fsp3) is 0.209. The third-order valence-electron chi connectivity index (χ3n) is 29.0. The number of aryl methyl sites for hydroxylation is 10. The van der Waals surface area contributed by atoms with Gasteiger partial charge in [-0.15, -0.1) is 0 Å². The summed E-state index contributed by atoms with van der Waals surface area (Å²) < 4.78 is 44.7. The lowest BCUT2D eigenvalue weighted by molar-refractivity contribution is -0.603. The Labute approximate surface area is 827 Å². The quantitative estimate of drug-likeness (QED) is 0.0957. The highest BCUT2D eigenvalue weighted by molar-refractivity contribution is 6.13. The standard InChI is InChI=1S/C35H35N2O.C33H31N2O.C31H27N2O.C30H33N2O/c1-22(2)26-16-12-17-27(23(3)4)33(26)37-21-30(36(6)35(37)25-13-8-7-9-14-25)32-24(5)19-20-29-28-15-10-11-18-31(28)38-34(29)32;1-20-16-21(2)18-25(17-20)33-34(6)28(19-35(33)31-23(4)10-9-11-24(31)5)30-22(3)14-15-27-26-12-7-8-13-29(26)36-32(27)30;1-20-17-18-25-24-15-8-9-16-27(24)34-30(25)28(20)26-19-33(29-21(2)11-10-12-22(29)3)31(32(26)4)23-13-6-5-7-14-23;1-18(2)22-12-10-13-23(19(3)4)29(22)32-17-26(31(7)21(32)6)28-20(5)15-16-25-24-11-8-9-14-27(24)33-30(25)28/h7-23H,1-6H3;7-19H,1-6H3;5-19H,1-4H3;8-19H,1-7H3/q4*+1. The second-order valence-corrected chi connectivity index (χ2v) is 40.0. The van der Waals surface area contributed by atoms with Crippen molar-refractivity contribution in [1.29, 1.82) is 0 Å². The van der Waals surface area contributed by atoms with Crippen LogP contribution in [0.25, 0.3) is 190 Å². The van der Waals surface area contributed by atoms with E-state index in [0.717, 1.165) is 128 Å². The van der Waals surface area contributed by atoms with Gasteiger partial charge >= 0.3 is 0 Å². The van der Waals surface area contributed by atoms with Crippen molar-refractivity contribution in [2.75, 3.05) is 0 Å². The molecule has 12 heteroatoms. The van der Waals surface area contributed by atoms with Gasteiger partial charge in [-0.2, -0.15) is 18.3 Å². The smallest absolute Gasteiger partial charge is 0.294 e. The monoisotopic (exact) mass is 1850 g/mol. The van der Waals surface area contributed by atoms with E-state index in [4.69, 9.17) is 17.7 Å². The summed E-state index contributed by atoms with van der Waals surface area (Å²) in [4.78, 5) is 0. The number of aromatic nitrogens is 8. The van der Waals surface area contributed by atoms with E-state index >= 15 is 0 Å². The third-order valence-corrected chi connectivity index (χ3v) is 29.0. The summed E-state index contributed by atoms with van der Waals surface area (Å²) >= 11 is 0. The summed E-state index contributed by atoms with van der Waals surface area (Å²) in [5.74, 6) is 6.32. The molecule has 12 nitrogen and oxygen atoms in total. The second kappa shape index (κ2) is 37.6. The number of para-hydroxylation sites is 8. The van der Waals surface area contributed by atoms with Crippen LogP contribution in [0, 0.1) is 76.2 Å². The van der Waals surface area contributed by atoms with Crippen LogP contribution in [-0.4, -0.2) is 18.3 Å². The molecule has 0 bridgehead atoms. The normalized spacial score (nSPS) is 11.8. The Bertz CT molecular complexity index is 8690. The summed E-state index contributed by atoms with van der Waals surface area (Å²) in [5.41, 5.74) is 43.1. The molecule has 0 saturated carbocycles. The van der Waals surface area contributed by atoms with Crippen molar-refractivity contribution in [1.82, 2.24) is 18.3 Å². The van der Waals surface area contributed by atoms with Gasteiger partial charge in [-0.25, -0.2) is 18.3 Å². The minimum absolute atomic E-state index is 0.393. The zero-order valence-electron chi connectivity index (χ0n) is 85.6. The average molecular weight is 1850 g/mol. The molecule has 0 aliphatic carbocycles. The summed E-state index contributed by atoms with van der Waals surface area (Å²) in [7, 11) is 8.67. The maximum atomic E-state index is 6.54. The molecule has 23 aromatic rings. The van der Waals surface area contributed by atoms with Gasteiger partial charge in [-0.05, 0) is 209 Å². The van der Waals surface area contributed by atoms with Crippen LogP contribution in [-0.2, 0) is 28.2 Å². The highest BCUT2D eigenvalue weighted by Crippen LogP contribution is 2.46. The molecule has 702 valence electrons. The van der Waals surface area contributed by atoms with Gasteiger partial charge in [0.15, 0.2) is 22.8 Å². The molecule has 0 amide bonds. The van der Waals surface area contributed by atoms with Crippen LogP contribution < -0.4 is 18.3 Å². The molecule has 0 unspecified atom stereocenters. The minimum atomic E-state index is 0.393. The predicted octanol–water partition coefficient (Wildman–Crippen LogP) is 32.4. The molecule has 0 aliphatic heterocycles. The number of hydrogen-bond acceptors (Lipinski definition) is 4. The average Bonchev–Trinajstić information content (AvgIpc) is 1.59. The van der Waals surface area contributed by atoms with E-state index in [1.54, 1.807) is 0 Å². The fourth-order valence-electron chi connectivity index (χ4n) is 22.0. The Balaban J connectivity index is 0.000000115. The number of benzene rings is 15. The van der Waals surface area contributed by atoms with Crippen molar-refractivity contribution in [3.05, 3.63) is 406 Å². The molecular formula is C129H126N8O4+4. The van der Waals surface area contributed by atoms with Crippen LogP contribution in [0.4, 0.5) is 0 Å². The fourth-order valence-corrected chi connectivity index (χ4v) is 22.0. The van der Waals surface area contributed by atoms with Gasteiger partial charge in [0, 0.05) is 72.3 Å². The van der Waals surface area contributed by atoms with E-state index in [0.29, 0.717) is 23.7 Å². The van der Waals surface area contributed by atoms with Crippen molar-refractivity contribution < 1.29 is 35.9 Å². The molecule has 8 heterocycles.